The average Bonchev–Trinajstić information content (AvgIpc) is 2.41. The van der Waals surface area contributed by atoms with Crippen molar-refractivity contribution in [3.63, 3.8) is 0 Å². The van der Waals surface area contributed by atoms with Crippen molar-refractivity contribution in [2.45, 2.75) is 30.2 Å². The number of aromatic hydroxyl groups is 1. The van der Waals surface area contributed by atoms with Crippen molar-refractivity contribution in [3.8, 4) is 5.75 Å². The van der Waals surface area contributed by atoms with Gasteiger partial charge in [-0.25, -0.2) is 8.42 Å². The van der Waals surface area contributed by atoms with Crippen LogP contribution in [0.15, 0.2) is 23.1 Å². The van der Waals surface area contributed by atoms with Gasteiger partial charge in [0.05, 0.1) is 17.2 Å². The number of nitrogen functional groups attached to an aromatic ring is 1. The lowest BCUT2D eigenvalue weighted by Gasteiger charge is -2.33. The Morgan fingerprint density at radius 3 is 2.74 bits per heavy atom. The average molecular weight is 286 g/mol. The standard InChI is InChI=1S/C12H18N2O4S/c13-11-7-10(4-5-12(11)16)19(17,18)14-6-2-1-3-9(14)8-15/h4-5,7,9,15-16H,1-3,6,8,13H2. The van der Waals surface area contributed by atoms with Gasteiger partial charge < -0.3 is 15.9 Å². The second kappa shape index (κ2) is 5.36. The lowest BCUT2D eigenvalue weighted by Crippen LogP contribution is -2.45. The molecule has 1 aromatic carbocycles. The van der Waals surface area contributed by atoms with Gasteiger partial charge in [-0.1, -0.05) is 6.42 Å². The smallest absolute Gasteiger partial charge is 0.243 e. The molecule has 2 rings (SSSR count). The minimum atomic E-state index is -3.68. The summed E-state index contributed by atoms with van der Waals surface area (Å²) in [5.41, 5.74) is 5.56. The van der Waals surface area contributed by atoms with Crippen molar-refractivity contribution in [2.75, 3.05) is 18.9 Å². The molecule has 1 atom stereocenters. The van der Waals surface area contributed by atoms with Crippen LogP contribution in [-0.4, -0.2) is 42.1 Å². The highest BCUT2D eigenvalue weighted by molar-refractivity contribution is 7.89. The van der Waals surface area contributed by atoms with Crippen LogP contribution in [0.5, 0.6) is 5.75 Å². The van der Waals surface area contributed by atoms with Crippen molar-refractivity contribution in [1.82, 2.24) is 4.31 Å². The zero-order chi connectivity index (χ0) is 14.0. The fourth-order valence-electron chi connectivity index (χ4n) is 2.30. The van der Waals surface area contributed by atoms with E-state index in [0.717, 1.165) is 12.8 Å². The van der Waals surface area contributed by atoms with E-state index in [9.17, 15) is 18.6 Å². The number of nitrogens with zero attached hydrogens (tertiary/aromatic N) is 1. The maximum absolute atomic E-state index is 12.5. The summed E-state index contributed by atoms with van der Waals surface area (Å²) in [6, 6.07) is 3.45. The van der Waals surface area contributed by atoms with Gasteiger partial charge in [0.25, 0.3) is 0 Å². The number of rotatable bonds is 3. The highest BCUT2D eigenvalue weighted by Gasteiger charge is 2.33. The second-order valence-corrected chi connectivity index (χ2v) is 6.56. The first-order chi connectivity index (χ1) is 8.96. The van der Waals surface area contributed by atoms with Crippen LogP contribution in [0.25, 0.3) is 0 Å². The number of aliphatic hydroxyl groups is 1. The Morgan fingerprint density at radius 1 is 1.37 bits per heavy atom. The molecule has 0 aromatic heterocycles. The second-order valence-electron chi connectivity index (χ2n) is 4.67. The molecule has 19 heavy (non-hydrogen) atoms. The normalized spacial score (nSPS) is 21.4. The minimum absolute atomic E-state index is 0.0265. The van der Waals surface area contributed by atoms with Crippen LogP contribution in [0, 0.1) is 0 Å². The van der Waals surface area contributed by atoms with Gasteiger partial charge >= 0.3 is 0 Å². The molecule has 106 valence electrons. The molecule has 1 saturated heterocycles. The Labute approximate surface area is 112 Å². The molecule has 0 radical (unpaired) electrons. The van der Waals surface area contributed by atoms with Crippen molar-refractivity contribution >= 4 is 15.7 Å². The monoisotopic (exact) mass is 286 g/mol. The molecule has 6 nitrogen and oxygen atoms in total. The molecule has 0 aliphatic carbocycles. The van der Waals surface area contributed by atoms with E-state index < -0.39 is 10.0 Å². The number of hydrogen-bond acceptors (Lipinski definition) is 5. The number of piperidine rings is 1. The quantitative estimate of drug-likeness (QED) is 0.555. The molecule has 1 unspecified atom stereocenters. The minimum Gasteiger partial charge on any atom is -0.506 e. The number of nitrogens with two attached hydrogens (primary N) is 1. The number of phenolic OH excluding ortho intramolecular Hbond substituents is 1. The Morgan fingerprint density at radius 2 is 2.11 bits per heavy atom. The first-order valence-electron chi connectivity index (χ1n) is 6.18. The first kappa shape index (κ1) is 14.1. The lowest BCUT2D eigenvalue weighted by molar-refractivity contribution is 0.155. The van der Waals surface area contributed by atoms with E-state index in [0.29, 0.717) is 13.0 Å². The first-order valence-corrected chi connectivity index (χ1v) is 7.62. The Hall–Kier alpha value is -1.31. The van der Waals surface area contributed by atoms with E-state index in [2.05, 4.69) is 0 Å². The van der Waals surface area contributed by atoms with Gasteiger partial charge in [-0.15, -0.1) is 0 Å². The van der Waals surface area contributed by atoms with Crippen LogP contribution in [0.1, 0.15) is 19.3 Å². The largest absolute Gasteiger partial charge is 0.506 e. The third-order valence-electron chi connectivity index (χ3n) is 3.39. The highest BCUT2D eigenvalue weighted by Crippen LogP contribution is 2.28. The van der Waals surface area contributed by atoms with Crippen molar-refractivity contribution in [1.29, 1.82) is 0 Å². The SMILES string of the molecule is Nc1cc(S(=O)(=O)N2CCCCC2CO)ccc1O. The summed E-state index contributed by atoms with van der Waals surface area (Å²) in [7, 11) is -3.68. The molecule has 7 heteroatoms. The van der Waals surface area contributed by atoms with Gasteiger partial charge in [0.15, 0.2) is 0 Å². The maximum atomic E-state index is 12.5. The van der Waals surface area contributed by atoms with Gasteiger partial charge in [0, 0.05) is 12.6 Å². The molecule has 0 saturated carbocycles. The molecular weight excluding hydrogens is 268 g/mol. The zero-order valence-electron chi connectivity index (χ0n) is 10.5. The van der Waals surface area contributed by atoms with Crippen LogP contribution in [0.2, 0.25) is 0 Å². The molecule has 0 spiro atoms. The summed E-state index contributed by atoms with van der Waals surface area (Å²) >= 11 is 0. The van der Waals surface area contributed by atoms with Gasteiger partial charge in [0.2, 0.25) is 10.0 Å². The third kappa shape index (κ3) is 2.68. The van der Waals surface area contributed by atoms with Gasteiger partial charge in [-0.05, 0) is 31.0 Å². The maximum Gasteiger partial charge on any atom is 0.243 e. The Kier molecular flexibility index (Phi) is 3.98. The third-order valence-corrected chi connectivity index (χ3v) is 5.34. The van der Waals surface area contributed by atoms with E-state index in [1.54, 1.807) is 0 Å². The molecule has 0 bridgehead atoms. The number of anilines is 1. The van der Waals surface area contributed by atoms with Crippen LogP contribution >= 0.6 is 0 Å². The molecule has 4 N–H and O–H groups in total. The van der Waals surface area contributed by atoms with Gasteiger partial charge in [0.1, 0.15) is 5.75 Å². The molecule has 0 amide bonds. The van der Waals surface area contributed by atoms with Crippen LogP contribution in [0.3, 0.4) is 0 Å². The summed E-state index contributed by atoms with van der Waals surface area (Å²) in [6.07, 6.45) is 2.35. The molecule has 1 fully saturated rings. The van der Waals surface area contributed by atoms with Gasteiger partial charge in [-0.3, -0.25) is 0 Å². The van der Waals surface area contributed by atoms with E-state index in [4.69, 9.17) is 5.73 Å². The number of aliphatic hydroxyl groups excluding tert-OH is 1. The molecular formula is C12H18N2O4S. The van der Waals surface area contributed by atoms with E-state index in [-0.39, 0.29) is 29.0 Å². The fraction of sp³-hybridized carbons (Fsp3) is 0.500. The van der Waals surface area contributed by atoms with Crippen LogP contribution in [0.4, 0.5) is 5.69 Å². The Bertz CT molecular complexity index is 559. The summed E-state index contributed by atoms with van der Waals surface area (Å²) < 4.78 is 26.3. The van der Waals surface area contributed by atoms with Crippen LogP contribution < -0.4 is 5.73 Å². The van der Waals surface area contributed by atoms with Crippen molar-refractivity contribution in [3.05, 3.63) is 18.2 Å². The number of hydrogen-bond donors (Lipinski definition) is 3. The Balaban J connectivity index is 2.37. The fourth-order valence-corrected chi connectivity index (χ4v) is 4.02. The molecule has 1 heterocycles. The van der Waals surface area contributed by atoms with E-state index in [1.165, 1.54) is 22.5 Å². The predicted molar refractivity (Wildman–Crippen MR) is 71.1 cm³/mol. The molecule has 1 aliphatic rings. The predicted octanol–water partition coefficient (Wildman–Crippen LogP) is 0.510. The van der Waals surface area contributed by atoms with Crippen molar-refractivity contribution < 1.29 is 18.6 Å². The number of benzene rings is 1. The lowest BCUT2D eigenvalue weighted by atomic mass is 10.1. The zero-order valence-corrected chi connectivity index (χ0v) is 11.3. The summed E-state index contributed by atoms with van der Waals surface area (Å²) in [5, 5.41) is 18.6. The van der Waals surface area contributed by atoms with E-state index in [1.807, 2.05) is 0 Å². The number of sulfonamides is 1. The molecule has 1 aliphatic heterocycles. The van der Waals surface area contributed by atoms with E-state index >= 15 is 0 Å². The van der Waals surface area contributed by atoms with Gasteiger partial charge in [-0.2, -0.15) is 4.31 Å². The van der Waals surface area contributed by atoms with Crippen molar-refractivity contribution in [2.24, 2.45) is 0 Å². The summed E-state index contributed by atoms with van der Waals surface area (Å²) in [4.78, 5) is 0.0446. The topological polar surface area (TPSA) is 104 Å². The van der Waals surface area contributed by atoms with Crippen LogP contribution in [-0.2, 0) is 10.0 Å². The number of phenols is 1. The summed E-state index contributed by atoms with van der Waals surface area (Å²) in [5.74, 6) is -0.142. The highest BCUT2D eigenvalue weighted by atomic mass is 32.2. The summed E-state index contributed by atoms with van der Waals surface area (Å²) in [6.45, 7) is 0.209. The molecule has 1 aromatic rings.